The lowest BCUT2D eigenvalue weighted by molar-refractivity contribution is -0.146. The van der Waals surface area contributed by atoms with E-state index in [9.17, 15) is 9.59 Å². The van der Waals surface area contributed by atoms with Crippen molar-refractivity contribution in [3.63, 3.8) is 0 Å². The molecule has 3 aliphatic carbocycles. The first-order valence-corrected chi connectivity index (χ1v) is 9.55. The van der Waals surface area contributed by atoms with Gasteiger partial charge in [-0.05, 0) is 49.4 Å². The van der Waals surface area contributed by atoms with Crippen LogP contribution in [0.3, 0.4) is 0 Å². The Morgan fingerprint density at radius 2 is 2.11 bits per heavy atom. The zero-order chi connectivity index (χ0) is 18.4. The monoisotopic (exact) mass is 366 g/mol. The lowest BCUT2D eigenvalue weighted by Gasteiger charge is -2.55. The minimum Gasteiger partial charge on any atom is -0.467 e. The van der Waals surface area contributed by atoms with Crippen LogP contribution in [0.1, 0.15) is 41.8 Å². The molecule has 2 N–H and O–H groups in total. The van der Waals surface area contributed by atoms with Crippen molar-refractivity contribution in [2.45, 2.75) is 38.0 Å². The van der Waals surface area contributed by atoms with E-state index in [1.54, 1.807) is 12.3 Å². The van der Waals surface area contributed by atoms with E-state index >= 15 is 0 Å². The zero-order valence-corrected chi connectivity index (χ0v) is 14.9. The predicted molar refractivity (Wildman–Crippen MR) is 96.8 cm³/mol. The van der Waals surface area contributed by atoms with Crippen molar-refractivity contribution in [1.29, 1.82) is 0 Å². The first-order valence-electron chi connectivity index (χ1n) is 9.55. The number of benzene rings is 1. The first kappa shape index (κ1) is 16.4. The van der Waals surface area contributed by atoms with Crippen LogP contribution in [0.25, 0.3) is 0 Å². The average Bonchev–Trinajstić information content (AvgIpc) is 3.20. The van der Waals surface area contributed by atoms with Crippen LogP contribution < -0.4 is 15.4 Å². The van der Waals surface area contributed by atoms with E-state index in [2.05, 4.69) is 10.6 Å². The standard InChI is InChI=1S/C21H22N2O4/c24-19(22-12-15-4-3-9-26-15)17-10-14-8-7-13(17)11-21(14)23-20(25)16-5-1-2-6-18(16)27-21/h1-6,9,13-14,17H,7-8,10-12H2,(H,22,24)(H,23,25)/t13-,14+,17-,21-/m1/s1. The fourth-order valence-electron chi connectivity index (χ4n) is 5.00. The first-order chi connectivity index (χ1) is 13.1. The van der Waals surface area contributed by atoms with Crippen LogP contribution in [-0.4, -0.2) is 17.5 Å². The van der Waals surface area contributed by atoms with Crippen LogP contribution in [0.5, 0.6) is 5.75 Å². The minimum absolute atomic E-state index is 0.0398. The number of carbonyl (C=O) groups is 2. The number of carbonyl (C=O) groups excluding carboxylic acids is 2. The second-order valence-corrected chi connectivity index (χ2v) is 7.82. The molecule has 0 saturated heterocycles. The maximum absolute atomic E-state index is 12.7. The number of furan rings is 1. The van der Waals surface area contributed by atoms with Crippen LogP contribution in [0.2, 0.25) is 0 Å². The van der Waals surface area contributed by atoms with Gasteiger partial charge in [-0.3, -0.25) is 9.59 Å². The molecule has 6 rings (SSSR count). The predicted octanol–water partition coefficient (Wildman–Crippen LogP) is 2.85. The molecule has 0 radical (unpaired) electrons. The smallest absolute Gasteiger partial charge is 0.258 e. The molecule has 3 fully saturated rings. The van der Waals surface area contributed by atoms with E-state index in [-0.39, 0.29) is 29.6 Å². The van der Waals surface area contributed by atoms with Crippen molar-refractivity contribution >= 4 is 11.8 Å². The quantitative estimate of drug-likeness (QED) is 0.875. The van der Waals surface area contributed by atoms with E-state index in [0.29, 0.717) is 24.3 Å². The molecule has 2 heterocycles. The maximum atomic E-state index is 12.7. The largest absolute Gasteiger partial charge is 0.467 e. The van der Waals surface area contributed by atoms with Crippen LogP contribution in [0, 0.1) is 17.8 Å². The molecule has 0 unspecified atom stereocenters. The molecule has 1 spiro atoms. The highest BCUT2D eigenvalue weighted by atomic mass is 16.5. The van der Waals surface area contributed by atoms with Gasteiger partial charge in [-0.25, -0.2) is 0 Å². The molecule has 27 heavy (non-hydrogen) atoms. The van der Waals surface area contributed by atoms with Crippen molar-refractivity contribution in [2.24, 2.45) is 17.8 Å². The third-order valence-electron chi connectivity index (χ3n) is 6.32. The lowest BCUT2D eigenvalue weighted by atomic mass is 9.60. The van der Waals surface area contributed by atoms with Crippen molar-refractivity contribution in [3.8, 4) is 5.75 Å². The van der Waals surface area contributed by atoms with Gasteiger partial charge in [-0.1, -0.05) is 12.1 Å². The van der Waals surface area contributed by atoms with Crippen molar-refractivity contribution in [2.75, 3.05) is 0 Å². The number of amides is 2. The summed E-state index contributed by atoms with van der Waals surface area (Å²) in [7, 11) is 0. The van der Waals surface area contributed by atoms with E-state index in [1.807, 2.05) is 30.3 Å². The summed E-state index contributed by atoms with van der Waals surface area (Å²) in [4.78, 5) is 25.3. The molecule has 2 amide bonds. The minimum atomic E-state index is -0.674. The Morgan fingerprint density at radius 1 is 1.22 bits per heavy atom. The number of ether oxygens (including phenoxy) is 1. The molecule has 3 saturated carbocycles. The average molecular weight is 366 g/mol. The highest BCUT2D eigenvalue weighted by molar-refractivity contribution is 5.98. The summed E-state index contributed by atoms with van der Waals surface area (Å²) in [5.74, 6) is 1.69. The van der Waals surface area contributed by atoms with Gasteiger partial charge in [0.15, 0.2) is 5.72 Å². The Labute approximate surface area is 157 Å². The summed E-state index contributed by atoms with van der Waals surface area (Å²) < 4.78 is 11.6. The van der Waals surface area contributed by atoms with E-state index in [0.717, 1.165) is 25.0 Å². The number of para-hydroxylation sites is 1. The summed E-state index contributed by atoms with van der Waals surface area (Å²) in [5.41, 5.74) is -0.0936. The fourth-order valence-corrected chi connectivity index (χ4v) is 5.00. The molecule has 1 aliphatic heterocycles. The summed E-state index contributed by atoms with van der Waals surface area (Å²) in [6, 6.07) is 11.0. The molecule has 4 aliphatic rings. The molecular weight excluding hydrogens is 344 g/mol. The third kappa shape index (κ3) is 2.71. The van der Waals surface area contributed by atoms with E-state index in [1.165, 1.54) is 0 Å². The Hall–Kier alpha value is -2.76. The van der Waals surface area contributed by atoms with Crippen molar-refractivity contribution < 1.29 is 18.7 Å². The SMILES string of the molecule is O=C1N[C@]2(C[C@H]3CC[C@H]2C[C@H]3C(=O)NCc2ccco2)Oc2ccccc21. The van der Waals surface area contributed by atoms with Gasteiger partial charge < -0.3 is 19.8 Å². The summed E-state index contributed by atoms with van der Waals surface area (Å²) in [6.07, 6.45) is 4.98. The molecule has 140 valence electrons. The summed E-state index contributed by atoms with van der Waals surface area (Å²) in [5, 5.41) is 6.12. The number of hydrogen-bond donors (Lipinski definition) is 2. The maximum Gasteiger partial charge on any atom is 0.258 e. The van der Waals surface area contributed by atoms with Gasteiger partial charge in [0.05, 0.1) is 18.4 Å². The van der Waals surface area contributed by atoms with Gasteiger partial charge >= 0.3 is 0 Å². The second-order valence-electron chi connectivity index (χ2n) is 7.82. The zero-order valence-electron chi connectivity index (χ0n) is 14.9. The second kappa shape index (κ2) is 6.15. The van der Waals surface area contributed by atoms with E-state index < -0.39 is 5.72 Å². The molecule has 4 atom stereocenters. The van der Waals surface area contributed by atoms with Gasteiger partial charge in [-0.2, -0.15) is 0 Å². The number of nitrogens with one attached hydrogen (secondary N) is 2. The molecule has 6 heteroatoms. The van der Waals surface area contributed by atoms with Gasteiger partial charge in [0, 0.05) is 18.3 Å². The third-order valence-corrected chi connectivity index (χ3v) is 6.32. The molecule has 6 nitrogen and oxygen atoms in total. The van der Waals surface area contributed by atoms with Gasteiger partial charge in [0.1, 0.15) is 11.5 Å². The lowest BCUT2D eigenvalue weighted by Crippen LogP contribution is -2.66. The Balaban J connectivity index is 1.32. The highest BCUT2D eigenvalue weighted by Gasteiger charge is 2.57. The van der Waals surface area contributed by atoms with Gasteiger partial charge in [0.25, 0.3) is 5.91 Å². The number of hydrogen-bond acceptors (Lipinski definition) is 4. The Kier molecular flexibility index (Phi) is 3.74. The van der Waals surface area contributed by atoms with Crippen LogP contribution >= 0.6 is 0 Å². The van der Waals surface area contributed by atoms with Crippen LogP contribution in [0.15, 0.2) is 47.1 Å². The topological polar surface area (TPSA) is 80.6 Å². The van der Waals surface area contributed by atoms with Crippen molar-refractivity contribution in [3.05, 3.63) is 54.0 Å². The molecule has 1 aromatic carbocycles. The fraction of sp³-hybridized carbons (Fsp3) is 0.429. The normalized spacial score (nSPS) is 31.1. The summed E-state index contributed by atoms with van der Waals surface area (Å²) in [6.45, 7) is 0.408. The Bertz CT molecular complexity index is 878. The molecule has 2 bridgehead atoms. The van der Waals surface area contributed by atoms with Gasteiger partial charge in [-0.15, -0.1) is 0 Å². The van der Waals surface area contributed by atoms with Crippen LogP contribution in [-0.2, 0) is 11.3 Å². The Morgan fingerprint density at radius 3 is 2.89 bits per heavy atom. The molecule has 1 aromatic heterocycles. The molecular formula is C21H22N2O4. The highest BCUT2D eigenvalue weighted by Crippen LogP contribution is 2.52. The number of fused-ring (bicyclic) bond motifs is 3. The number of rotatable bonds is 3. The van der Waals surface area contributed by atoms with Crippen molar-refractivity contribution in [1.82, 2.24) is 10.6 Å². The summed E-state index contributed by atoms with van der Waals surface area (Å²) >= 11 is 0. The van der Waals surface area contributed by atoms with Gasteiger partial charge in [0.2, 0.25) is 5.91 Å². The molecule has 2 aromatic rings. The van der Waals surface area contributed by atoms with Crippen LogP contribution in [0.4, 0.5) is 0 Å². The van der Waals surface area contributed by atoms with E-state index in [4.69, 9.17) is 9.15 Å².